The van der Waals surface area contributed by atoms with Crippen molar-refractivity contribution in [1.82, 2.24) is 20.6 Å². The van der Waals surface area contributed by atoms with Crippen LogP contribution in [-0.2, 0) is 15.7 Å². The minimum atomic E-state index is -4.51. The molecular formula is C23H29F5N6O3. The number of hydrogen-bond acceptors (Lipinski definition) is 8. The van der Waals surface area contributed by atoms with Gasteiger partial charge in [-0.3, -0.25) is 4.79 Å². The van der Waals surface area contributed by atoms with Crippen molar-refractivity contribution in [3.05, 3.63) is 29.1 Å². The molecule has 0 aliphatic carbocycles. The van der Waals surface area contributed by atoms with Crippen LogP contribution < -0.4 is 20.4 Å². The molecule has 14 heteroatoms. The summed E-state index contributed by atoms with van der Waals surface area (Å²) >= 11 is 0. The molecule has 3 aliphatic heterocycles. The number of hydrogen-bond donors (Lipinski definition) is 2. The molecule has 2 N–H and O–H groups in total. The summed E-state index contributed by atoms with van der Waals surface area (Å²) in [5.74, 6) is 0.357. The summed E-state index contributed by atoms with van der Waals surface area (Å²) in [5.41, 5.74) is 1.84. The average molecular weight is 533 g/mol. The molecule has 37 heavy (non-hydrogen) atoms. The van der Waals surface area contributed by atoms with Crippen LogP contribution in [0.4, 0.5) is 27.8 Å². The smallest absolute Gasteiger partial charge is 0.418 e. The molecule has 1 saturated heterocycles. The topological polar surface area (TPSA) is 91.3 Å². The fourth-order valence-corrected chi connectivity index (χ4v) is 4.46. The van der Waals surface area contributed by atoms with Crippen LogP contribution in [0.3, 0.4) is 0 Å². The molecule has 0 spiro atoms. The number of aromatic nitrogens is 1. The molecule has 1 aromatic rings. The summed E-state index contributed by atoms with van der Waals surface area (Å²) in [4.78, 5) is 20.4. The van der Waals surface area contributed by atoms with Gasteiger partial charge in [-0.25, -0.2) is 13.8 Å². The van der Waals surface area contributed by atoms with Gasteiger partial charge in [-0.15, -0.1) is 0 Å². The number of carbonyl (C=O) groups is 1. The number of fused-ring (bicyclic) bond motifs is 3. The summed E-state index contributed by atoms with van der Waals surface area (Å²) in [5, 5.41) is 6.76. The van der Waals surface area contributed by atoms with Gasteiger partial charge in [0.1, 0.15) is 0 Å². The third kappa shape index (κ3) is 6.59. The number of allylic oxidation sites excluding steroid dienone is 1. The number of alkyl halides is 5. The highest BCUT2D eigenvalue weighted by atomic mass is 19.4. The normalized spacial score (nSPS) is 20.6. The zero-order valence-electron chi connectivity index (χ0n) is 20.2. The molecule has 1 aromatic heterocycles. The predicted molar refractivity (Wildman–Crippen MR) is 125 cm³/mol. The van der Waals surface area contributed by atoms with Gasteiger partial charge >= 0.3 is 6.18 Å². The van der Waals surface area contributed by atoms with Crippen LogP contribution in [0.25, 0.3) is 0 Å². The third-order valence-corrected chi connectivity index (χ3v) is 6.37. The Morgan fingerprint density at radius 3 is 2.92 bits per heavy atom. The summed E-state index contributed by atoms with van der Waals surface area (Å²) in [6.07, 6.45) is -4.31. The van der Waals surface area contributed by atoms with Gasteiger partial charge in [-0.1, -0.05) is 0 Å². The number of nitrogens with zero attached hydrogens (tertiary/aromatic N) is 4. The maximum Gasteiger partial charge on any atom is 0.418 e. The number of carbonyl (C=O) groups excluding carboxylic acids is 1. The number of rotatable bonds is 8. The van der Waals surface area contributed by atoms with Crippen molar-refractivity contribution in [2.75, 3.05) is 50.9 Å². The fraction of sp³-hybridized carbons (Fsp3) is 0.609. The molecule has 4 heterocycles. The van der Waals surface area contributed by atoms with E-state index in [1.54, 1.807) is 11.8 Å². The van der Waals surface area contributed by atoms with Crippen molar-refractivity contribution in [3.63, 3.8) is 0 Å². The summed E-state index contributed by atoms with van der Waals surface area (Å²) < 4.78 is 76.6. The average Bonchev–Trinajstić information content (AvgIpc) is 3.04. The second-order valence-corrected chi connectivity index (χ2v) is 9.07. The molecular weight excluding hydrogens is 503 g/mol. The Balaban J connectivity index is 1.24. The molecule has 0 aromatic carbocycles. The van der Waals surface area contributed by atoms with E-state index in [1.165, 1.54) is 6.21 Å². The quantitative estimate of drug-likeness (QED) is 0.393. The van der Waals surface area contributed by atoms with E-state index in [-0.39, 0.29) is 67.8 Å². The molecule has 0 radical (unpaired) electrons. The van der Waals surface area contributed by atoms with Crippen LogP contribution in [0.1, 0.15) is 25.3 Å². The summed E-state index contributed by atoms with van der Waals surface area (Å²) in [7, 11) is 0. The van der Waals surface area contributed by atoms with E-state index in [4.69, 9.17) is 9.47 Å². The van der Waals surface area contributed by atoms with Gasteiger partial charge in [0.2, 0.25) is 5.91 Å². The standard InChI is InChI=1S/C23H29F5N6O3/c1-14(32-18-11-31-30-10-17(18)21(24)25)13-36-6-3-20(35)33-4-5-34-16(12-33)2-7-37-19-8-15(23(26,27)28)9-29-22(19)34/h8-9,11,14,16,21,30,32H,2-7,10,12-13H2,1H3/t14-,16?/m0/s1. The van der Waals surface area contributed by atoms with Crippen molar-refractivity contribution in [1.29, 1.82) is 0 Å². The van der Waals surface area contributed by atoms with Gasteiger partial charge < -0.3 is 30.0 Å². The fourth-order valence-electron chi connectivity index (χ4n) is 4.46. The number of nitrogens with one attached hydrogen (secondary N) is 2. The summed E-state index contributed by atoms with van der Waals surface area (Å²) in [6, 6.07) is 0.568. The molecule has 0 saturated carbocycles. The lowest BCUT2D eigenvalue weighted by molar-refractivity contribution is -0.138. The largest absolute Gasteiger partial charge is 0.490 e. The number of halogens is 5. The first-order valence-electron chi connectivity index (χ1n) is 12.0. The number of pyridine rings is 1. The molecule has 1 fully saturated rings. The Morgan fingerprint density at radius 1 is 1.35 bits per heavy atom. The number of anilines is 1. The molecule has 1 unspecified atom stereocenters. The van der Waals surface area contributed by atoms with E-state index < -0.39 is 18.2 Å². The van der Waals surface area contributed by atoms with E-state index >= 15 is 0 Å². The van der Waals surface area contributed by atoms with Gasteiger partial charge in [0.25, 0.3) is 6.43 Å². The second kappa shape index (κ2) is 11.5. The predicted octanol–water partition coefficient (Wildman–Crippen LogP) is 2.39. The molecule has 9 nitrogen and oxygen atoms in total. The van der Waals surface area contributed by atoms with Crippen LogP contribution in [-0.4, -0.2) is 86.5 Å². The van der Waals surface area contributed by atoms with Gasteiger partial charge in [0, 0.05) is 43.9 Å². The Hall–Kier alpha value is -3.16. The van der Waals surface area contributed by atoms with Crippen molar-refractivity contribution < 1.29 is 36.2 Å². The maximum absolute atomic E-state index is 13.1. The van der Waals surface area contributed by atoms with Crippen LogP contribution in [0.5, 0.6) is 5.75 Å². The molecule has 0 bridgehead atoms. The Bertz CT molecular complexity index is 1030. The molecule has 3 aliphatic rings. The van der Waals surface area contributed by atoms with E-state index in [1.807, 2.05) is 4.90 Å². The third-order valence-electron chi connectivity index (χ3n) is 6.37. The van der Waals surface area contributed by atoms with Gasteiger partial charge in [0.05, 0.1) is 56.3 Å². The van der Waals surface area contributed by atoms with Gasteiger partial charge in [-0.2, -0.15) is 18.3 Å². The molecule has 204 valence electrons. The first kappa shape index (κ1) is 26.9. The SMILES string of the molecule is C[C@@H](COCCC(=O)N1CCN2c3ncc(C(F)(F)F)cc3OCCC2C1)NC1=C(C(F)F)CNN=C1. The Morgan fingerprint density at radius 2 is 2.16 bits per heavy atom. The zero-order chi connectivity index (χ0) is 26.6. The minimum Gasteiger partial charge on any atom is -0.490 e. The first-order chi connectivity index (χ1) is 17.6. The van der Waals surface area contributed by atoms with Crippen LogP contribution in [0, 0.1) is 0 Å². The number of hydrazone groups is 1. The monoisotopic (exact) mass is 532 g/mol. The Kier molecular flexibility index (Phi) is 8.35. The van der Waals surface area contributed by atoms with E-state index in [0.717, 1.165) is 12.3 Å². The van der Waals surface area contributed by atoms with Gasteiger partial charge in [-0.05, 0) is 13.0 Å². The Labute approximate surface area is 210 Å². The number of piperazine rings is 1. The van der Waals surface area contributed by atoms with E-state index in [9.17, 15) is 26.7 Å². The van der Waals surface area contributed by atoms with Crippen LogP contribution in [0.15, 0.2) is 28.6 Å². The second-order valence-electron chi connectivity index (χ2n) is 9.07. The van der Waals surface area contributed by atoms with Crippen molar-refractivity contribution in [2.45, 2.75) is 44.5 Å². The minimum absolute atomic E-state index is 0.0325. The van der Waals surface area contributed by atoms with Gasteiger partial charge in [0.15, 0.2) is 11.6 Å². The highest BCUT2D eigenvalue weighted by Crippen LogP contribution is 2.38. The highest BCUT2D eigenvalue weighted by molar-refractivity contribution is 5.80. The van der Waals surface area contributed by atoms with Crippen molar-refractivity contribution in [2.24, 2.45) is 5.10 Å². The van der Waals surface area contributed by atoms with Crippen LogP contribution in [0.2, 0.25) is 0 Å². The lowest BCUT2D eigenvalue weighted by Gasteiger charge is -2.41. The lowest BCUT2D eigenvalue weighted by Crippen LogP contribution is -2.55. The lowest BCUT2D eigenvalue weighted by atomic mass is 10.1. The van der Waals surface area contributed by atoms with E-state index in [0.29, 0.717) is 31.9 Å². The summed E-state index contributed by atoms with van der Waals surface area (Å²) in [6.45, 7) is 3.57. The van der Waals surface area contributed by atoms with Crippen LogP contribution >= 0.6 is 0 Å². The molecule has 1 amide bonds. The first-order valence-corrected chi connectivity index (χ1v) is 12.0. The maximum atomic E-state index is 13.1. The van der Waals surface area contributed by atoms with Crippen molar-refractivity contribution in [3.8, 4) is 5.75 Å². The number of amides is 1. The molecule has 2 atom stereocenters. The zero-order valence-corrected chi connectivity index (χ0v) is 20.2. The highest BCUT2D eigenvalue weighted by Gasteiger charge is 2.36. The van der Waals surface area contributed by atoms with Crippen molar-refractivity contribution >= 4 is 17.9 Å². The van der Waals surface area contributed by atoms with E-state index in [2.05, 4.69) is 20.8 Å². The molecule has 4 rings (SSSR count). The number of ether oxygens (including phenoxy) is 2.